The van der Waals surface area contributed by atoms with Crippen molar-refractivity contribution in [1.82, 2.24) is 0 Å². The lowest BCUT2D eigenvalue weighted by Gasteiger charge is -2.11. The van der Waals surface area contributed by atoms with Crippen LogP contribution in [0.1, 0.15) is 15.9 Å². The van der Waals surface area contributed by atoms with Crippen molar-refractivity contribution >= 4 is 28.9 Å². The second-order valence-electron chi connectivity index (χ2n) is 6.59. The summed E-state index contributed by atoms with van der Waals surface area (Å²) < 4.78 is 18.5. The van der Waals surface area contributed by atoms with Crippen LogP contribution in [0.3, 0.4) is 0 Å². The first-order valence-electron chi connectivity index (χ1n) is 9.30. The first-order chi connectivity index (χ1) is 14.5. The number of methoxy groups -OCH3 is 1. The van der Waals surface area contributed by atoms with Crippen molar-refractivity contribution in [2.75, 3.05) is 29.6 Å². The highest BCUT2D eigenvalue weighted by molar-refractivity contribution is 6.05. The summed E-state index contributed by atoms with van der Waals surface area (Å²) in [6, 6.07) is 18.0. The Labute approximate surface area is 174 Å². The highest BCUT2D eigenvalue weighted by Gasteiger charge is 2.10. The molecule has 6 nitrogen and oxygen atoms in total. The van der Waals surface area contributed by atoms with Crippen LogP contribution in [0, 0.1) is 12.7 Å². The van der Waals surface area contributed by atoms with Gasteiger partial charge in [-0.15, -0.1) is 0 Å². The number of nitrogens with one attached hydrogen (secondary N) is 3. The Kier molecular flexibility index (Phi) is 6.64. The van der Waals surface area contributed by atoms with E-state index in [0.717, 1.165) is 5.56 Å². The Hall–Kier alpha value is -3.87. The van der Waals surface area contributed by atoms with Crippen LogP contribution in [0.4, 0.5) is 21.5 Å². The molecule has 0 aromatic heterocycles. The minimum absolute atomic E-state index is 0.0136. The summed E-state index contributed by atoms with van der Waals surface area (Å²) in [4.78, 5) is 24.6. The number of ether oxygens (including phenoxy) is 1. The standard InChI is InChI=1S/C23H22FN3O3/c1-15-7-10-17(24)13-20(15)25-14-22(28)26-18-11-8-16(9-12-18)23(29)27-19-5-3-4-6-21(19)30-2/h3-13,25H,14H2,1-2H3,(H,26,28)(H,27,29). The molecule has 0 heterocycles. The Balaban J connectivity index is 1.56. The normalized spacial score (nSPS) is 10.2. The van der Waals surface area contributed by atoms with E-state index in [1.165, 1.54) is 19.2 Å². The van der Waals surface area contributed by atoms with Crippen LogP contribution in [0.5, 0.6) is 5.75 Å². The van der Waals surface area contributed by atoms with Gasteiger partial charge in [0, 0.05) is 16.9 Å². The zero-order valence-corrected chi connectivity index (χ0v) is 16.7. The van der Waals surface area contributed by atoms with Crippen molar-refractivity contribution in [3.63, 3.8) is 0 Å². The maximum absolute atomic E-state index is 13.3. The number of amides is 2. The monoisotopic (exact) mass is 407 g/mol. The molecular weight excluding hydrogens is 385 g/mol. The summed E-state index contributed by atoms with van der Waals surface area (Å²) in [6.45, 7) is 1.81. The van der Waals surface area contributed by atoms with Crippen molar-refractivity contribution < 1.29 is 18.7 Å². The molecule has 30 heavy (non-hydrogen) atoms. The highest BCUT2D eigenvalue weighted by atomic mass is 19.1. The molecule has 0 bridgehead atoms. The van der Waals surface area contributed by atoms with E-state index >= 15 is 0 Å². The van der Waals surface area contributed by atoms with E-state index in [4.69, 9.17) is 4.74 Å². The summed E-state index contributed by atoms with van der Waals surface area (Å²) in [5, 5.41) is 8.44. The summed E-state index contributed by atoms with van der Waals surface area (Å²) in [6.07, 6.45) is 0. The predicted octanol–water partition coefficient (Wildman–Crippen LogP) is 4.45. The number of para-hydroxylation sites is 2. The van der Waals surface area contributed by atoms with Crippen molar-refractivity contribution in [2.24, 2.45) is 0 Å². The molecule has 3 aromatic rings. The quantitative estimate of drug-likeness (QED) is 0.541. The zero-order valence-electron chi connectivity index (χ0n) is 16.7. The molecule has 0 radical (unpaired) electrons. The van der Waals surface area contributed by atoms with E-state index in [1.54, 1.807) is 48.5 Å². The fourth-order valence-electron chi connectivity index (χ4n) is 2.81. The van der Waals surface area contributed by atoms with Crippen molar-refractivity contribution in [3.05, 3.63) is 83.7 Å². The van der Waals surface area contributed by atoms with Gasteiger partial charge in [0.15, 0.2) is 0 Å². The molecule has 0 aliphatic rings. The molecule has 154 valence electrons. The van der Waals surface area contributed by atoms with Gasteiger partial charge in [-0.2, -0.15) is 0 Å². The third kappa shape index (κ3) is 5.35. The lowest BCUT2D eigenvalue weighted by molar-refractivity contribution is -0.114. The average molecular weight is 407 g/mol. The van der Waals surface area contributed by atoms with Gasteiger partial charge in [0.25, 0.3) is 5.91 Å². The zero-order chi connectivity index (χ0) is 21.5. The second kappa shape index (κ2) is 9.56. The van der Waals surface area contributed by atoms with E-state index in [1.807, 2.05) is 13.0 Å². The predicted molar refractivity (Wildman–Crippen MR) is 116 cm³/mol. The molecule has 0 saturated heterocycles. The highest BCUT2D eigenvalue weighted by Crippen LogP contribution is 2.24. The summed E-state index contributed by atoms with van der Waals surface area (Å²) in [5.74, 6) is -0.383. The van der Waals surface area contributed by atoms with Crippen LogP contribution in [0.15, 0.2) is 66.7 Å². The van der Waals surface area contributed by atoms with E-state index in [2.05, 4.69) is 16.0 Å². The van der Waals surface area contributed by atoms with Gasteiger partial charge in [0.1, 0.15) is 11.6 Å². The van der Waals surface area contributed by atoms with Gasteiger partial charge in [0.2, 0.25) is 5.91 Å². The van der Waals surface area contributed by atoms with E-state index in [-0.39, 0.29) is 24.2 Å². The van der Waals surface area contributed by atoms with Crippen LogP contribution in [-0.2, 0) is 4.79 Å². The van der Waals surface area contributed by atoms with Gasteiger partial charge in [0.05, 0.1) is 19.3 Å². The molecule has 7 heteroatoms. The number of benzene rings is 3. The number of aryl methyl sites for hydroxylation is 1. The Morgan fingerprint density at radius 3 is 2.40 bits per heavy atom. The van der Waals surface area contributed by atoms with Crippen LogP contribution in [0.25, 0.3) is 0 Å². The molecule has 3 rings (SSSR count). The molecule has 0 saturated carbocycles. The molecule has 2 amide bonds. The molecule has 0 atom stereocenters. The molecule has 3 aromatic carbocycles. The fraction of sp³-hybridized carbons (Fsp3) is 0.130. The Bertz CT molecular complexity index is 1050. The van der Waals surface area contributed by atoms with Gasteiger partial charge in [-0.05, 0) is 61.0 Å². The van der Waals surface area contributed by atoms with Gasteiger partial charge < -0.3 is 20.7 Å². The van der Waals surface area contributed by atoms with Crippen LogP contribution >= 0.6 is 0 Å². The summed E-state index contributed by atoms with van der Waals surface area (Å²) in [5.41, 5.74) is 2.96. The smallest absolute Gasteiger partial charge is 0.255 e. The number of rotatable bonds is 7. The van der Waals surface area contributed by atoms with Gasteiger partial charge in [-0.25, -0.2) is 4.39 Å². The van der Waals surface area contributed by atoms with Crippen LogP contribution < -0.4 is 20.7 Å². The topological polar surface area (TPSA) is 79.5 Å². The van der Waals surface area contributed by atoms with E-state index in [0.29, 0.717) is 28.4 Å². The Morgan fingerprint density at radius 2 is 1.67 bits per heavy atom. The first-order valence-corrected chi connectivity index (χ1v) is 9.30. The second-order valence-corrected chi connectivity index (χ2v) is 6.59. The molecule has 0 spiro atoms. The molecule has 0 aliphatic heterocycles. The number of hydrogen-bond acceptors (Lipinski definition) is 4. The minimum Gasteiger partial charge on any atom is -0.495 e. The maximum atomic E-state index is 13.3. The van der Waals surface area contributed by atoms with Gasteiger partial charge in [-0.1, -0.05) is 18.2 Å². The molecule has 0 unspecified atom stereocenters. The summed E-state index contributed by atoms with van der Waals surface area (Å²) in [7, 11) is 1.53. The lowest BCUT2D eigenvalue weighted by atomic mass is 10.2. The van der Waals surface area contributed by atoms with Crippen LogP contribution in [0.2, 0.25) is 0 Å². The molecule has 0 aliphatic carbocycles. The number of carbonyl (C=O) groups is 2. The number of anilines is 3. The van der Waals surface area contributed by atoms with Crippen molar-refractivity contribution in [1.29, 1.82) is 0 Å². The van der Waals surface area contributed by atoms with Gasteiger partial charge >= 0.3 is 0 Å². The van der Waals surface area contributed by atoms with Crippen LogP contribution in [-0.4, -0.2) is 25.5 Å². The summed E-state index contributed by atoms with van der Waals surface area (Å²) >= 11 is 0. The largest absolute Gasteiger partial charge is 0.495 e. The van der Waals surface area contributed by atoms with Gasteiger partial charge in [-0.3, -0.25) is 9.59 Å². The lowest BCUT2D eigenvalue weighted by Crippen LogP contribution is -2.22. The SMILES string of the molecule is COc1ccccc1NC(=O)c1ccc(NC(=O)CNc2cc(F)ccc2C)cc1. The number of hydrogen-bond donors (Lipinski definition) is 3. The Morgan fingerprint density at radius 1 is 0.933 bits per heavy atom. The first kappa shape index (κ1) is 20.9. The number of halogens is 1. The van der Waals surface area contributed by atoms with E-state index < -0.39 is 0 Å². The van der Waals surface area contributed by atoms with Crippen molar-refractivity contribution in [3.8, 4) is 5.75 Å². The van der Waals surface area contributed by atoms with E-state index in [9.17, 15) is 14.0 Å². The minimum atomic E-state index is -0.370. The fourth-order valence-corrected chi connectivity index (χ4v) is 2.81. The number of carbonyl (C=O) groups excluding carboxylic acids is 2. The maximum Gasteiger partial charge on any atom is 0.255 e. The molecule has 3 N–H and O–H groups in total. The third-order valence-electron chi connectivity index (χ3n) is 4.43. The average Bonchev–Trinajstić information content (AvgIpc) is 2.75. The van der Waals surface area contributed by atoms with Crippen molar-refractivity contribution in [2.45, 2.75) is 6.92 Å². The molecular formula is C23H22FN3O3. The third-order valence-corrected chi connectivity index (χ3v) is 4.43. The molecule has 0 fully saturated rings.